The van der Waals surface area contributed by atoms with Gasteiger partial charge >= 0.3 is 5.97 Å². The Morgan fingerprint density at radius 2 is 1.45 bits per heavy atom. The van der Waals surface area contributed by atoms with Crippen LogP contribution in [0.3, 0.4) is 0 Å². The summed E-state index contributed by atoms with van der Waals surface area (Å²) in [6.45, 7) is 6.71. The van der Waals surface area contributed by atoms with Gasteiger partial charge in [-0.2, -0.15) is 0 Å². The van der Waals surface area contributed by atoms with Gasteiger partial charge in [0.05, 0.1) is 6.61 Å². The molecular weight excluding hydrogens is 436 g/mol. The number of carbonyl (C=O) groups excluding carboxylic acids is 1. The summed E-state index contributed by atoms with van der Waals surface area (Å²) in [4.78, 5) is 21.0. The Kier molecular flexibility index (Phi) is 9.25. The van der Waals surface area contributed by atoms with Crippen LogP contribution < -0.4 is 9.47 Å². The molecule has 0 N–H and O–H groups in total. The van der Waals surface area contributed by atoms with Crippen molar-refractivity contribution in [2.24, 2.45) is 5.92 Å². The number of benzene rings is 2. The fourth-order valence-electron chi connectivity index (χ4n) is 3.21. The molecule has 3 rings (SSSR count). The molecule has 5 nitrogen and oxygen atoms in total. The molecule has 33 heavy (non-hydrogen) atoms. The molecule has 3 aromatic rings. The predicted octanol–water partition coefficient (Wildman–Crippen LogP) is 6.94. The van der Waals surface area contributed by atoms with Crippen LogP contribution in [0.2, 0.25) is 0 Å². The van der Waals surface area contributed by atoms with Gasteiger partial charge in [-0.15, -0.1) is 11.6 Å². The molecule has 0 bridgehead atoms. The highest BCUT2D eigenvalue weighted by Crippen LogP contribution is 2.25. The number of carbonyl (C=O) groups is 1. The first-order valence-corrected chi connectivity index (χ1v) is 11.9. The van der Waals surface area contributed by atoms with Crippen molar-refractivity contribution in [1.82, 2.24) is 9.97 Å². The molecule has 0 unspecified atom stereocenters. The Morgan fingerprint density at radius 3 is 2.06 bits per heavy atom. The van der Waals surface area contributed by atoms with Crippen LogP contribution in [-0.4, -0.2) is 27.9 Å². The maximum atomic E-state index is 12.0. The lowest BCUT2D eigenvalue weighted by molar-refractivity contribution is -0.134. The lowest BCUT2D eigenvalue weighted by atomic mass is 10.1. The molecule has 0 radical (unpaired) electrons. The summed E-state index contributed by atoms with van der Waals surface area (Å²) in [5, 5.41) is -0.674. The number of rotatable bonds is 11. The molecule has 0 aliphatic heterocycles. The van der Waals surface area contributed by atoms with Crippen LogP contribution in [-0.2, 0) is 4.79 Å². The number of hydrogen-bond donors (Lipinski definition) is 0. The number of unbranched alkanes of at least 4 members (excludes halogenated alkanes) is 3. The standard InChI is InChI=1S/C27H31ClN2O3/c1-4-5-6-7-16-32-23-12-8-20(9-13-23)22-17-29-26(30-18-22)21-10-14-24(15-11-21)33-27(31)25(28)19(2)3/h8-15,17-19,25H,4-7,16H2,1-3H3/t25-/m0/s1. The molecule has 0 aliphatic carbocycles. The van der Waals surface area contributed by atoms with E-state index in [4.69, 9.17) is 21.1 Å². The summed E-state index contributed by atoms with van der Waals surface area (Å²) < 4.78 is 11.1. The van der Waals surface area contributed by atoms with E-state index in [-0.39, 0.29) is 5.92 Å². The molecule has 174 valence electrons. The zero-order valence-electron chi connectivity index (χ0n) is 19.5. The molecule has 2 aromatic carbocycles. The number of hydrogen-bond acceptors (Lipinski definition) is 5. The van der Waals surface area contributed by atoms with Gasteiger partial charge in [-0.1, -0.05) is 52.2 Å². The second-order valence-corrected chi connectivity index (χ2v) is 8.79. The quantitative estimate of drug-likeness (QED) is 0.132. The number of alkyl halides is 1. The number of nitrogens with zero attached hydrogens (tertiary/aromatic N) is 2. The Bertz CT molecular complexity index is 1000. The molecule has 1 aromatic heterocycles. The van der Waals surface area contributed by atoms with Crippen molar-refractivity contribution in [3.05, 3.63) is 60.9 Å². The molecule has 0 saturated carbocycles. The van der Waals surface area contributed by atoms with E-state index in [1.807, 2.05) is 50.2 Å². The molecular formula is C27H31ClN2O3. The lowest BCUT2D eigenvalue weighted by Crippen LogP contribution is -2.25. The van der Waals surface area contributed by atoms with Gasteiger partial charge in [-0.3, -0.25) is 4.79 Å². The van der Waals surface area contributed by atoms with Gasteiger partial charge in [0, 0.05) is 23.5 Å². The molecule has 0 fully saturated rings. The third kappa shape index (κ3) is 7.29. The summed E-state index contributed by atoms with van der Waals surface area (Å²) in [5.74, 6) is 1.47. The average Bonchev–Trinajstić information content (AvgIpc) is 2.84. The van der Waals surface area contributed by atoms with Crippen molar-refractivity contribution in [3.63, 3.8) is 0 Å². The van der Waals surface area contributed by atoms with E-state index >= 15 is 0 Å². The van der Waals surface area contributed by atoms with Gasteiger partial charge in [-0.05, 0) is 54.3 Å². The van der Waals surface area contributed by atoms with E-state index in [0.29, 0.717) is 11.6 Å². The van der Waals surface area contributed by atoms with Gasteiger partial charge in [-0.25, -0.2) is 9.97 Å². The molecule has 6 heteroatoms. The van der Waals surface area contributed by atoms with Crippen molar-refractivity contribution in [3.8, 4) is 34.0 Å². The highest BCUT2D eigenvalue weighted by atomic mass is 35.5. The fraction of sp³-hybridized carbons (Fsp3) is 0.370. The number of aromatic nitrogens is 2. The van der Waals surface area contributed by atoms with Crippen molar-refractivity contribution in [2.75, 3.05) is 6.61 Å². The van der Waals surface area contributed by atoms with E-state index in [9.17, 15) is 4.79 Å². The summed E-state index contributed by atoms with van der Waals surface area (Å²) in [7, 11) is 0. The normalized spacial score (nSPS) is 11.9. The van der Waals surface area contributed by atoms with Crippen molar-refractivity contribution in [1.29, 1.82) is 0 Å². The first-order valence-electron chi connectivity index (χ1n) is 11.5. The van der Waals surface area contributed by atoms with Crippen molar-refractivity contribution in [2.45, 2.75) is 51.8 Å². The highest BCUT2D eigenvalue weighted by molar-refractivity contribution is 6.30. The number of halogens is 1. The van der Waals surface area contributed by atoms with Gasteiger partial charge in [0.2, 0.25) is 0 Å². The molecule has 0 aliphatic rings. The van der Waals surface area contributed by atoms with Crippen LogP contribution in [0.25, 0.3) is 22.5 Å². The molecule has 0 saturated heterocycles. The first-order chi connectivity index (χ1) is 16.0. The van der Waals surface area contributed by atoms with E-state index in [1.54, 1.807) is 24.5 Å². The Morgan fingerprint density at radius 1 is 0.848 bits per heavy atom. The largest absolute Gasteiger partial charge is 0.494 e. The van der Waals surface area contributed by atoms with E-state index in [1.165, 1.54) is 19.3 Å². The molecule has 0 amide bonds. The van der Waals surface area contributed by atoms with Crippen LogP contribution in [0.1, 0.15) is 46.5 Å². The average molecular weight is 467 g/mol. The highest BCUT2D eigenvalue weighted by Gasteiger charge is 2.21. The zero-order chi connectivity index (χ0) is 23.6. The minimum atomic E-state index is -0.674. The maximum Gasteiger partial charge on any atom is 0.329 e. The van der Waals surface area contributed by atoms with E-state index < -0.39 is 11.3 Å². The lowest BCUT2D eigenvalue weighted by Gasteiger charge is -2.12. The first kappa shape index (κ1) is 24.7. The summed E-state index contributed by atoms with van der Waals surface area (Å²) in [5.41, 5.74) is 2.79. The Hall–Kier alpha value is -2.92. The maximum absolute atomic E-state index is 12.0. The van der Waals surface area contributed by atoms with Crippen molar-refractivity contribution < 1.29 is 14.3 Å². The second kappa shape index (κ2) is 12.4. The Balaban J connectivity index is 1.58. The topological polar surface area (TPSA) is 61.3 Å². The zero-order valence-corrected chi connectivity index (χ0v) is 20.2. The summed E-state index contributed by atoms with van der Waals surface area (Å²) >= 11 is 6.05. The Labute approximate surface area is 201 Å². The van der Waals surface area contributed by atoms with Crippen LogP contribution in [0, 0.1) is 5.92 Å². The minimum absolute atomic E-state index is 0.00429. The van der Waals surface area contributed by atoms with E-state index in [2.05, 4.69) is 16.9 Å². The SMILES string of the molecule is CCCCCCOc1ccc(-c2cnc(-c3ccc(OC(=O)[C@@H](Cl)C(C)C)cc3)nc2)cc1. The second-order valence-electron chi connectivity index (χ2n) is 8.32. The summed E-state index contributed by atoms with van der Waals surface area (Å²) in [6, 6.07) is 15.1. The van der Waals surface area contributed by atoms with Gasteiger partial charge < -0.3 is 9.47 Å². The molecule has 0 spiro atoms. The minimum Gasteiger partial charge on any atom is -0.494 e. The van der Waals surface area contributed by atoms with E-state index in [0.717, 1.165) is 35.5 Å². The van der Waals surface area contributed by atoms with Crippen LogP contribution in [0.5, 0.6) is 11.5 Å². The van der Waals surface area contributed by atoms with Crippen LogP contribution in [0.4, 0.5) is 0 Å². The van der Waals surface area contributed by atoms with Gasteiger partial charge in [0.15, 0.2) is 5.82 Å². The van der Waals surface area contributed by atoms with Crippen molar-refractivity contribution >= 4 is 17.6 Å². The smallest absolute Gasteiger partial charge is 0.329 e. The van der Waals surface area contributed by atoms with Gasteiger partial charge in [0.25, 0.3) is 0 Å². The monoisotopic (exact) mass is 466 g/mol. The van der Waals surface area contributed by atoms with Crippen LogP contribution >= 0.6 is 11.6 Å². The number of esters is 1. The molecule has 1 heterocycles. The fourth-order valence-corrected chi connectivity index (χ4v) is 3.25. The third-order valence-corrected chi connectivity index (χ3v) is 5.93. The summed E-state index contributed by atoms with van der Waals surface area (Å²) in [6.07, 6.45) is 8.37. The van der Waals surface area contributed by atoms with Crippen LogP contribution in [0.15, 0.2) is 60.9 Å². The third-order valence-electron chi connectivity index (χ3n) is 5.25. The molecule has 1 atom stereocenters. The predicted molar refractivity (Wildman–Crippen MR) is 133 cm³/mol. The van der Waals surface area contributed by atoms with Gasteiger partial charge in [0.1, 0.15) is 16.9 Å². The number of ether oxygens (including phenoxy) is 2.